The van der Waals surface area contributed by atoms with Gasteiger partial charge in [-0.15, -0.1) is 0 Å². The highest BCUT2D eigenvalue weighted by molar-refractivity contribution is 6.16. The molecule has 682 valence electrons. The molecule has 0 radical (unpaired) electrons. The molecular formula is C98H92F7N18O10+. The third kappa shape index (κ3) is 21.9. The second-order valence-electron chi connectivity index (χ2n) is 31.4. The van der Waals surface area contributed by atoms with Crippen LogP contribution in [0.4, 0.5) is 64.9 Å². The Morgan fingerprint density at radius 1 is 0.541 bits per heavy atom. The van der Waals surface area contributed by atoms with E-state index < -0.39 is 35.2 Å². The highest BCUT2D eigenvalue weighted by Crippen LogP contribution is 2.41. The molecule has 1 saturated carbocycles. The molecule has 28 nitrogen and oxygen atoms in total. The summed E-state index contributed by atoms with van der Waals surface area (Å²) < 4.78 is 119. The molecule has 6 aromatic carbocycles. The first-order valence-corrected chi connectivity index (χ1v) is 42.7. The van der Waals surface area contributed by atoms with E-state index in [1.807, 2.05) is 42.9 Å². The third-order valence-corrected chi connectivity index (χ3v) is 22.6. The maximum atomic E-state index is 14.7. The van der Waals surface area contributed by atoms with Crippen LogP contribution in [0.1, 0.15) is 90.4 Å². The summed E-state index contributed by atoms with van der Waals surface area (Å²) >= 11 is 0. The molecule has 0 spiro atoms. The van der Waals surface area contributed by atoms with Crippen molar-refractivity contribution in [2.45, 2.75) is 57.9 Å². The molecule has 4 amide bonds. The zero-order chi connectivity index (χ0) is 93.3. The van der Waals surface area contributed by atoms with Gasteiger partial charge >= 0.3 is 0 Å². The molecule has 1 saturated heterocycles. The summed E-state index contributed by atoms with van der Waals surface area (Å²) in [6.45, 7) is 7.58. The van der Waals surface area contributed by atoms with E-state index in [0.29, 0.717) is 90.8 Å². The average molecular weight is 1810 g/mol. The van der Waals surface area contributed by atoms with Gasteiger partial charge in [0.15, 0.2) is 28.9 Å². The first-order chi connectivity index (χ1) is 64.5. The SMILES string of the molecule is CCCN1CCN(c2ccc(NC(=O)C3=CN=C(c4c(-c5ccc(F)cc5)ncn4C)C3)c(OC)c2)CC1.Cn1cnc(-c2ccc(F)cc2)c1C1=NC=C(C(=O)Nc2ccc(N(CCO)CCO)cc2F)C1.O=C(Nc1cc[n+](O)cc1F)c1ccc(-c2c(-c3ccc(F)cc3)ncn2C2CCCC2)o1.O=C(Nc1ccncc1F)c1ccc(-c2[nH]ccc2-c2ccc(F)cc2)o1. The Morgan fingerprint density at radius 3 is 1.56 bits per heavy atom. The summed E-state index contributed by atoms with van der Waals surface area (Å²) in [6.07, 6.45) is 20.3. The van der Waals surface area contributed by atoms with E-state index in [1.54, 1.807) is 115 Å². The number of aliphatic imine (C=N–C) groups is 2. The number of nitrogens with zero attached hydrogens (tertiary/aromatic N) is 13. The van der Waals surface area contributed by atoms with Crippen LogP contribution in [0, 0.1) is 40.7 Å². The van der Waals surface area contributed by atoms with Gasteiger partial charge in [0.2, 0.25) is 12.0 Å². The van der Waals surface area contributed by atoms with Crippen LogP contribution in [0.2, 0.25) is 0 Å². The molecule has 3 aliphatic heterocycles. The highest BCUT2D eigenvalue weighted by Gasteiger charge is 2.31. The minimum Gasteiger partial charge on any atom is -0.494 e. The number of imidazole rings is 3. The second kappa shape index (κ2) is 42.3. The summed E-state index contributed by atoms with van der Waals surface area (Å²) in [7, 11) is 5.30. The molecule has 133 heavy (non-hydrogen) atoms. The van der Waals surface area contributed by atoms with Crippen molar-refractivity contribution in [2.75, 3.05) is 97.2 Å². The van der Waals surface area contributed by atoms with Crippen molar-refractivity contribution >= 4 is 69.2 Å². The van der Waals surface area contributed by atoms with E-state index in [9.17, 15) is 65.3 Å². The van der Waals surface area contributed by atoms with Gasteiger partial charge in [-0.3, -0.25) is 44.3 Å². The first-order valence-electron chi connectivity index (χ1n) is 42.7. The maximum absolute atomic E-state index is 14.7. The predicted octanol–water partition coefficient (Wildman–Crippen LogP) is 17.2. The van der Waals surface area contributed by atoms with E-state index in [4.69, 9.17) is 13.6 Å². The lowest BCUT2D eigenvalue weighted by Crippen LogP contribution is -2.46. The average Bonchev–Trinajstić information content (AvgIpc) is 1.62. The number of carbonyl (C=O) groups is 4. The number of piperazine rings is 1. The van der Waals surface area contributed by atoms with Crippen molar-refractivity contribution in [2.24, 2.45) is 24.1 Å². The van der Waals surface area contributed by atoms with E-state index in [2.05, 4.69) is 77.5 Å². The number of carbonyl (C=O) groups excluding carboxylic acids is 4. The van der Waals surface area contributed by atoms with Crippen molar-refractivity contribution < 1.29 is 83.6 Å². The Kier molecular flexibility index (Phi) is 29.3. The standard InChI is InChI=1S/C29H33FN6O2.C25H25F2N5O3.C24H20F2N4O3.C20H13F2N3O2/c1-4-11-35-12-14-36(15-13-35)23-9-10-24(26(17-23)38-3)33-29(37)21-16-25(31-18-21)28-27(32-19-34(28)2)20-5-7-22(30)8-6-20;1-31-15-29-23(16-2-4-18(26)5-3-16)24(31)22-12-17(14-28-22)25(35)30-21-7-6-19(13-20(21)27)32(8-10-33)9-11-34;25-16-7-5-15(6-8-16)22-23(30(14-27-22)17-3-1-2-4-17)20-9-10-21(33-20)24(31)28-19-11-12-29(32)13-18(19)26;21-13-3-1-12(2-4-13)14-7-10-24-19(14)17-5-6-18(27-17)20(26)25-16-8-9-23-11-15(16)22/h5-10,17-19H,4,11-16H2,1-3H3,(H,33,37);2-7,13-15,33-34H,8-12H2,1H3,(H,30,35);5-14,17,32H,1-4H2;1-11,24H,(H,23,25,26)/p+1. The number of hydrogen-bond donors (Lipinski definition) is 8. The van der Waals surface area contributed by atoms with Crippen molar-refractivity contribution in [3.63, 3.8) is 0 Å². The minimum absolute atomic E-state index is 0.00523. The molecule has 2 fully saturated rings. The lowest BCUT2D eigenvalue weighted by molar-refractivity contribution is -0.905. The van der Waals surface area contributed by atoms with Crippen LogP contribution in [0.3, 0.4) is 0 Å². The van der Waals surface area contributed by atoms with Gasteiger partial charge in [-0.2, -0.15) is 4.39 Å². The number of nitrogens with one attached hydrogen (secondary N) is 5. The normalized spacial score (nSPS) is 13.6. The van der Waals surface area contributed by atoms with Crippen LogP contribution in [0.5, 0.6) is 5.75 Å². The highest BCUT2D eigenvalue weighted by atomic mass is 19.2. The van der Waals surface area contributed by atoms with Crippen LogP contribution >= 0.6 is 0 Å². The first kappa shape index (κ1) is 92.1. The number of hydrogen-bond acceptors (Lipinski definition) is 19. The molecule has 0 bridgehead atoms. The molecule has 8 N–H and O–H groups in total. The number of methoxy groups -OCH3 is 1. The maximum Gasteiger partial charge on any atom is 0.291 e. The van der Waals surface area contributed by atoms with Crippen LogP contribution in [-0.2, 0) is 23.7 Å². The Hall–Kier alpha value is -15.6. The summed E-state index contributed by atoms with van der Waals surface area (Å²) in [5.41, 5.74) is 13.1. The number of aryl methyl sites for hydroxylation is 2. The van der Waals surface area contributed by atoms with Gasteiger partial charge in [0.25, 0.3) is 29.8 Å². The largest absolute Gasteiger partial charge is 0.494 e. The molecule has 8 aromatic heterocycles. The summed E-state index contributed by atoms with van der Waals surface area (Å²) in [5.74, 6) is -3.80. The number of pyridine rings is 2. The quantitative estimate of drug-likeness (QED) is 0.0142. The Balaban J connectivity index is 0.000000136. The predicted molar refractivity (Wildman–Crippen MR) is 488 cm³/mol. The van der Waals surface area contributed by atoms with Crippen molar-refractivity contribution in [1.29, 1.82) is 0 Å². The number of benzene rings is 6. The topological polar surface area (TPSA) is 333 Å². The minimum atomic E-state index is -0.793. The summed E-state index contributed by atoms with van der Waals surface area (Å²) in [4.78, 5) is 86.6. The van der Waals surface area contributed by atoms with Crippen molar-refractivity contribution in [3.8, 4) is 73.6 Å². The smallest absolute Gasteiger partial charge is 0.291 e. The Bertz CT molecular complexity index is 6640. The Labute approximate surface area is 758 Å². The van der Waals surface area contributed by atoms with Gasteiger partial charge in [0, 0.05) is 159 Å². The van der Waals surface area contributed by atoms with Crippen LogP contribution in [0.15, 0.2) is 268 Å². The van der Waals surface area contributed by atoms with Gasteiger partial charge in [0.05, 0.1) is 114 Å². The van der Waals surface area contributed by atoms with Crippen molar-refractivity contribution in [3.05, 3.63) is 313 Å². The lowest BCUT2D eigenvalue weighted by Gasteiger charge is -2.36. The zero-order valence-corrected chi connectivity index (χ0v) is 72.6. The number of aromatic amines is 1. The number of rotatable bonds is 26. The molecule has 35 heteroatoms. The van der Waals surface area contributed by atoms with E-state index in [0.717, 1.165) is 116 Å². The lowest BCUT2D eigenvalue weighted by atomic mass is 10.0. The van der Waals surface area contributed by atoms with Gasteiger partial charge in [0.1, 0.15) is 40.5 Å². The second-order valence-corrected chi connectivity index (χ2v) is 31.4. The van der Waals surface area contributed by atoms with Crippen LogP contribution in [-0.4, -0.2) is 160 Å². The molecule has 4 aliphatic rings. The van der Waals surface area contributed by atoms with E-state index >= 15 is 0 Å². The van der Waals surface area contributed by atoms with Gasteiger partial charge in [-0.25, -0.2) is 41.3 Å². The number of aliphatic hydroxyl groups is 2. The summed E-state index contributed by atoms with van der Waals surface area (Å²) in [6, 6.07) is 45.5. The number of halogens is 7. The molecule has 14 aromatic rings. The van der Waals surface area contributed by atoms with Gasteiger partial charge in [-0.1, -0.05) is 31.9 Å². The van der Waals surface area contributed by atoms with E-state index in [-0.39, 0.29) is 96.5 Å². The Morgan fingerprint density at radius 2 is 1.04 bits per heavy atom. The molecule has 1 aliphatic carbocycles. The summed E-state index contributed by atoms with van der Waals surface area (Å²) in [5, 5.41) is 38.1. The molecule has 11 heterocycles. The number of H-pyrrole nitrogens is 1. The molecule has 18 rings (SSSR count). The number of aliphatic hydroxyl groups excluding tert-OH is 2. The molecule has 0 atom stereocenters. The monoisotopic (exact) mass is 1810 g/mol. The number of anilines is 6. The van der Waals surface area contributed by atoms with Gasteiger partial charge in [-0.05, 0) is 183 Å². The van der Waals surface area contributed by atoms with Crippen LogP contribution < -0.4 is 40.5 Å². The zero-order valence-electron chi connectivity index (χ0n) is 72.6. The van der Waals surface area contributed by atoms with Crippen LogP contribution in [0.25, 0.3) is 67.8 Å². The fourth-order valence-corrected chi connectivity index (χ4v) is 15.9. The van der Waals surface area contributed by atoms with Crippen molar-refractivity contribution in [1.82, 2.24) is 43.5 Å². The third-order valence-electron chi connectivity index (χ3n) is 22.6. The fourth-order valence-electron chi connectivity index (χ4n) is 15.9. The fraction of sp³-hybridized carbons (Fsp3) is 0.214. The number of aromatic nitrogens is 9. The molecular weight excluding hydrogens is 1720 g/mol. The number of furan rings is 2. The number of ether oxygens (including phenoxy) is 1. The van der Waals surface area contributed by atoms with Gasteiger partial charge < -0.3 is 73.5 Å². The number of amides is 4. The van der Waals surface area contributed by atoms with E-state index in [1.165, 1.54) is 110 Å². The molecule has 0 unspecified atom stereocenters.